The van der Waals surface area contributed by atoms with Crippen LogP contribution in [0.1, 0.15) is 42.4 Å². The molecule has 0 saturated heterocycles. The number of fused-ring (bicyclic) bond motifs is 1. The van der Waals surface area contributed by atoms with Gasteiger partial charge in [0.25, 0.3) is 0 Å². The third-order valence-electron chi connectivity index (χ3n) is 5.73. The van der Waals surface area contributed by atoms with Gasteiger partial charge in [0, 0.05) is 31.1 Å². The van der Waals surface area contributed by atoms with Crippen molar-refractivity contribution in [2.75, 3.05) is 7.05 Å². The van der Waals surface area contributed by atoms with Gasteiger partial charge in [-0.2, -0.15) is 5.10 Å². The van der Waals surface area contributed by atoms with Gasteiger partial charge in [-0.15, -0.1) is 0 Å². The highest BCUT2D eigenvalue weighted by Gasteiger charge is 2.41. The second-order valence-corrected chi connectivity index (χ2v) is 7.74. The molecular weight excluding hydrogens is 371 g/mol. The summed E-state index contributed by atoms with van der Waals surface area (Å²) in [6.45, 7) is 2.06. The van der Waals surface area contributed by atoms with Crippen molar-refractivity contribution in [2.45, 2.75) is 37.1 Å². The second-order valence-electron chi connectivity index (χ2n) is 7.74. The summed E-state index contributed by atoms with van der Waals surface area (Å²) in [5, 5.41) is 10.4. The average molecular weight is 394 g/mol. The van der Waals surface area contributed by atoms with Crippen LogP contribution in [-0.2, 0) is 5.66 Å². The van der Waals surface area contributed by atoms with Gasteiger partial charge in [-0.1, -0.05) is 0 Å². The van der Waals surface area contributed by atoms with Gasteiger partial charge in [0.2, 0.25) is 5.96 Å². The first kappa shape index (κ1) is 17.9. The Morgan fingerprint density at radius 2 is 2.17 bits per heavy atom. The van der Waals surface area contributed by atoms with E-state index in [0.29, 0.717) is 18.1 Å². The molecule has 4 heterocycles. The van der Waals surface area contributed by atoms with E-state index in [4.69, 9.17) is 15.7 Å². The quantitative estimate of drug-likeness (QED) is 0.543. The number of hydrogen-bond acceptors (Lipinski definition) is 6. The van der Waals surface area contributed by atoms with Crippen molar-refractivity contribution < 1.29 is 4.39 Å². The van der Waals surface area contributed by atoms with Crippen molar-refractivity contribution in [1.82, 2.24) is 30.4 Å². The number of nitrogens with one attached hydrogen (secondary N) is 3. The molecular formula is C20H23FN8. The maximum atomic E-state index is 13.4. The van der Waals surface area contributed by atoms with Crippen LogP contribution >= 0.6 is 0 Å². The molecule has 29 heavy (non-hydrogen) atoms. The van der Waals surface area contributed by atoms with Crippen LogP contribution in [-0.4, -0.2) is 44.2 Å². The lowest BCUT2D eigenvalue weighted by atomic mass is 10.1. The molecule has 1 aliphatic carbocycles. The number of guanidine groups is 1. The molecule has 1 aliphatic heterocycles. The summed E-state index contributed by atoms with van der Waals surface area (Å²) in [6, 6.07) is 7.74. The Bertz CT molecular complexity index is 1110. The largest absolute Gasteiger partial charge is 0.360 e. The number of pyridine rings is 1. The van der Waals surface area contributed by atoms with Crippen molar-refractivity contribution in [3.05, 3.63) is 59.8 Å². The number of aromatic nitrogens is 4. The number of halogens is 1. The van der Waals surface area contributed by atoms with Gasteiger partial charge in [0.1, 0.15) is 11.9 Å². The van der Waals surface area contributed by atoms with Gasteiger partial charge >= 0.3 is 0 Å². The van der Waals surface area contributed by atoms with Crippen molar-refractivity contribution in [2.24, 2.45) is 10.7 Å². The number of alkyl halides is 1. The fraction of sp³-hybridized carbons (Fsp3) is 0.350. The van der Waals surface area contributed by atoms with E-state index >= 15 is 0 Å². The Morgan fingerprint density at radius 3 is 2.97 bits per heavy atom. The summed E-state index contributed by atoms with van der Waals surface area (Å²) in [5.74, 6) is 0.504. The van der Waals surface area contributed by atoms with Gasteiger partial charge in [-0.05, 0) is 43.7 Å². The molecule has 0 amide bonds. The zero-order valence-electron chi connectivity index (χ0n) is 16.2. The first-order valence-electron chi connectivity index (χ1n) is 9.64. The molecule has 3 aromatic heterocycles. The standard InChI is InChI=1S/C20H23FN8/c1-11(14-3-4-15-16(25-14)5-7-23-15)29(2)19-24-8-6-20(22,26-19)18-10-17(27-28-18)12-9-13(12)21/h3-8,10-13,23H,9,22H2,1-2H3,(H,24,26)(H,27,28)/t11-,12+,13-,20?/m1/s1. The van der Waals surface area contributed by atoms with Crippen LogP contribution in [0.3, 0.4) is 0 Å². The first-order valence-corrected chi connectivity index (χ1v) is 9.64. The van der Waals surface area contributed by atoms with Crippen LogP contribution < -0.4 is 11.1 Å². The third-order valence-corrected chi connectivity index (χ3v) is 5.73. The zero-order valence-corrected chi connectivity index (χ0v) is 16.2. The molecule has 0 bridgehead atoms. The van der Waals surface area contributed by atoms with Gasteiger partial charge < -0.3 is 15.2 Å². The van der Waals surface area contributed by atoms with E-state index < -0.39 is 11.8 Å². The number of hydrogen-bond donors (Lipinski definition) is 4. The minimum absolute atomic E-state index is 0.0372. The fourth-order valence-electron chi connectivity index (χ4n) is 3.59. The van der Waals surface area contributed by atoms with Gasteiger partial charge in [-0.3, -0.25) is 10.8 Å². The summed E-state index contributed by atoms with van der Waals surface area (Å²) >= 11 is 0. The molecule has 1 unspecified atom stereocenters. The molecule has 2 aliphatic rings. The van der Waals surface area contributed by atoms with Gasteiger partial charge in [-0.25, -0.2) is 14.4 Å². The Kier molecular flexibility index (Phi) is 3.95. The molecule has 9 heteroatoms. The molecule has 0 radical (unpaired) electrons. The van der Waals surface area contributed by atoms with Gasteiger partial charge in [0.15, 0.2) is 5.66 Å². The monoisotopic (exact) mass is 394 g/mol. The second kappa shape index (κ2) is 6.41. The lowest BCUT2D eigenvalue weighted by molar-refractivity contribution is 0.374. The fourth-order valence-corrected chi connectivity index (χ4v) is 3.59. The molecule has 5 N–H and O–H groups in total. The first-order chi connectivity index (χ1) is 13.9. The van der Waals surface area contributed by atoms with Crippen LogP contribution in [0.5, 0.6) is 0 Å². The molecule has 1 saturated carbocycles. The summed E-state index contributed by atoms with van der Waals surface area (Å²) in [5.41, 5.74) is 9.60. The van der Waals surface area contributed by atoms with Crippen molar-refractivity contribution >= 4 is 17.0 Å². The Labute approximate surface area is 167 Å². The van der Waals surface area contributed by atoms with E-state index in [2.05, 4.69) is 27.4 Å². The maximum absolute atomic E-state index is 13.4. The molecule has 5 rings (SSSR count). The number of aromatic amines is 2. The number of nitrogens with zero attached hydrogens (tertiary/aromatic N) is 4. The zero-order chi connectivity index (χ0) is 20.2. The highest BCUT2D eigenvalue weighted by Crippen LogP contribution is 2.43. The molecule has 3 aromatic rings. The lowest BCUT2D eigenvalue weighted by Crippen LogP contribution is -2.46. The van der Waals surface area contributed by atoms with Crippen LogP contribution in [0.2, 0.25) is 0 Å². The molecule has 8 nitrogen and oxygen atoms in total. The van der Waals surface area contributed by atoms with E-state index in [1.807, 2.05) is 42.4 Å². The van der Waals surface area contributed by atoms with Crippen molar-refractivity contribution in [3.63, 3.8) is 0 Å². The molecule has 0 aromatic carbocycles. The summed E-state index contributed by atoms with van der Waals surface area (Å²) in [4.78, 5) is 14.6. The minimum Gasteiger partial charge on any atom is -0.360 e. The van der Waals surface area contributed by atoms with Crippen LogP contribution in [0.25, 0.3) is 11.0 Å². The van der Waals surface area contributed by atoms with E-state index in [1.165, 1.54) is 0 Å². The number of rotatable bonds is 4. The Hall–Kier alpha value is -3.20. The number of nitrogens with two attached hydrogens (primary N) is 1. The molecule has 150 valence electrons. The third kappa shape index (κ3) is 3.07. The topological polar surface area (TPSA) is 111 Å². The molecule has 1 fully saturated rings. The summed E-state index contributed by atoms with van der Waals surface area (Å²) in [6.07, 6.45) is 5.12. The number of H-pyrrole nitrogens is 2. The van der Waals surface area contributed by atoms with Crippen molar-refractivity contribution in [1.29, 1.82) is 0 Å². The Morgan fingerprint density at radius 1 is 1.34 bits per heavy atom. The molecule has 4 atom stereocenters. The van der Waals surface area contributed by atoms with Crippen LogP contribution in [0, 0.1) is 0 Å². The van der Waals surface area contributed by atoms with E-state index in [1.54, 1.807) is 12.3 Å². The highest BCUT2D eigenvalue weighted by molar-refractivity contribution is 5.83. The SMILES string of the molecule is C[C@H](c1ccc2[nH]ccc2n1)N(C)C1=NC(N)(c2cc([C@H]3C[C@H]3F)[nH]n2)C=CN1. The lowest BCUT2D eigenvalue weighted by Gasteiger charge is -2.32. The van der Waals surface area contributed by atoms with E-state index in [0.717, 1.165) is 22.4 Å². The Balaban J connectivity index is 1.40. The smallest absolute Gasteiger partial charge is 0.200 e. The van der Waals surface area contributed by atoms with Crippen molar-refractivity contribution in [3.8, 4) is 0 Å². The van der Waals surface area contributed by atoms with Gasteiger partial charge in [0.05, 0.1) is 22.8 Å². The average Bonchev–Trinajstić information content (AvgIpc) is 3.15. The van der Waals surface area contributed by atoms with E-state index in [9.17, 15) is 4.39 Å². The molecule has 0 spiro atoms. The summed E-state index contributed by atoms with van der Waals surface area (Å²) < 4.78 is 13.4. The minimum atomic E-state index is -1.12. The predicted molar refractivity (Wildman–Crippen MR) is 109 cm³/mol. The van der Waals surface area contributed by atoms with Crippen LogP contribution in [0.15, 0.2) is 47.7 Å². The predicted octanol–water partition coefficient (Wildman–Crippen LogP) is 2.39. The van der Waals surface area contributed by atoms with Crippen LogP contribution in [0.4, 0.5) is 4.39 Å². The van der Waals surface area contributed by atoms with E-state index in [-0.39, 0.29) is 12.0 Å². The maximum Gasteiger partial charge on any atom is 0.200 e. The normalized spacial score (nSPS) is 26.8. The number of aliphatic imine (C=N–C) groups is 1. The highest BCUT2D eigenvalue weighted by atomic mass is 19.1. The summed E-state index contributed by atoms with van der Waals surface area (Å²) in [7, 11) is 1.94.